The van der Waals surface area contributed by atoms with E-state index >= 15 is 0 Å². The van der Waals surface area contributed by atoms with Gasteiger partial charge in [-0.25, -0.2) is 9.97 Å². The average molecular weight is 425 g/mol. The summed E-state index contributed by atoms with van der Waals surface area (Å²) in [4.78, 5) is 21.6. The lowest BCUT2D eigenvalue weighted by Crippen LogP contribution is -2.22. The third-order valence-corrected chi connectivity index (χ3v) is 4.92. The first-order valence-electron chi connectivity index (χ1n) is 10.3. The molecule has 0 bridgehead atoms. The molecule has 4 aromatic rings. The molecule has 4 rings (SSSR count). The number of ether oxygens (including phenoxy) is 1. The molecule has 1 heterocycles. The Morgan fingerprint density at radius 3 is 2.66 bits per heavy atom. The lowest BCUT2D eigenvalue weighted by Gasteiger charge is -2.10. The number of rotatable bonds is 7. The zero-order valence-corrected chi connectivity index (χ0v) is 18.0. The summed E-state index contributed by atoms with van der Waals surface area (Å²) in [5.74, 6) is 1.91. The number of aryl methyl sites for hydroxylation is 1. The molecule has 0 unspecified atom stereocenters. The van der Waals surface area contributed by atoms with Gasteiger partial charge in [0.25, 0.3) is 5.91 Å². The predicted octanol–water partition coefficient (Wildman–Crippen LogP) is 5.13. The number of amides is 1. The Hall–Kier alpha value is -4.19. The van der Waals surface area contributed by atoms with Crippen molar-refractivity contribution in [2.24, 2.45) is 0 Å². The largest absolute Gasteiger partial charge is 0.497 e. The average Bonchev–Trinajstić information content (AvgIpc) is 2.83. The van der Waals surface area contributed by atoms with Crippen LogP contribution in [0.1, 0.15) is 21.5 Å². The lowest BCUT2D eigenvalue weighted by atomic mass is 10.1. The standard InChI is InChI=1S/C26H24N4O2/c1-18-6-3-8-20(14-18)25-27-13-12-24(30-25)29-22-10-5-9-21(16-22)26(31)28-17-19-7-4-11-23(15-19)32-2/h3-16H,17H2,1-2H3,(H,28,31)(H,27,29,30). The quantitative estimate of drug-likeness (QED) is 0.430. The highest BCUT2D eigenvalue weighted by Gasteiger charge is 2.08. The van der Waals surface area contributed by atoms with Crippen LogP contribution in [-0.4, -0.2) is 23.0 Å². The number of hydrogen-bond donors (Lipinski definition) is 2. The number of benzene rings is 3. The first-order chi connectivity index (χ1) is 15.6. The number of nitrogens with one attached hydrogen (secondary N) is 2. The SMILES string of the molecule is COc1cccc(CNC(=O)c2cccc(Nc3ccnc(-c4cccc(C)c4)n3)c2)c1. The van der Waals surface area contributed by atoms with E-state index in [-0.39, 0.29) is 5.91 Å². The molecule has 6 nitrogen and oxygen atoms in total. The maximum atomic E-state index is 12.7. The Balaban J connectivity index is 1.45. The summed E-state index contributed by atoms with van der Waals surface area (Å²) in [6.45, 7) is 2.45. The summed E-state index contributed by atoms with van der Waals surface area (Å²) in [7, 11) is 1.62. The number of aromatic nitrogens is 2. The first-order valence-corrected chi connectivity index (χ1v) is 10.3. The molecule has 1 aromatic heterocycles. The normalized spacial score (nSPS) is 10.4. The van der Waals surface area contributed by atoms with Crippen molar-refractivity contribution in [3.63, 3.8) is 0 Å². The van der Waals surface area contributed by atoms with E-state index in [9.17, 15) is 4.79 Å². The van der Waals surface area contributed by atoms with Crippen molar-refractivity contribution in [2.75, 3.05) is 12.4 Å². The van der Waals surface area contributed by atoms with Gasteiger partial charge in [-0.1, -0.05) is 42.0 Å². The highest BCUT2D eigenvalue weighted by Crippen LogP contribution is 2.21. The molecule has 6 heteroatoms. The van der Waals surface area contributed by atoms with Gasteiger partial charge in [-0.05, 0) is 55.0 Å². The van der Waals surface area contributed by atoms with Crippen molar-refractivity contribution in [2.45, 2.75) is 13.5 Å². The fourth-order valence-corrected chi connectivity index (χ4v) is 3.30. The van der Waals surface area contributed by atoms with Crippen molar-refractivity contribution in [1.29, 1.82) is 0 Å². The zero-order valence-electron chi connectivity index (χ0n) is 18.0. The Labute approximate surface area is 187 Å². The monoisotopic (exact) mass is 424 g/mol. The highest BCUT2D eigenvalue weighted by molar-refractivity contribution is 5.95. The molecule has 3 aromatic carbocycles. The molecule has 160 valence electrons. The van der Waals surface area contributed by atoms with Crippen LogP contribution in [0.5, 0.6) is 5.75 Å². The van der Waals surface area contributed by atoms with Crippen molar-refractivity contribution in [3.05, 3.63) is 102 Å². The van der Waals surface area contributed by atoms with Crippen molar-refractivity contribution < 1.29 is 9.53 Å². The molecule has 0 aliphatic rings. The number of nitrogens with zero attached hydrogens (tertiary/aromatic N) is 2. The minimum atomic E-state index is -0.153. The van der Waals surface area contributed by atoms with E-state index in [1.807, 2.05) is 67.6 Å². The Morgan fingerprint density at radius 1 is 0.969 bits per heavy atom. The molecule has 0 aliphatic heterocycles. The van der Waals surface area contributed by atoms with Gasteiger partial charge in [-0.2, -0.15) is 0 Å². The molecule has 0 saturated heterocycles. The van der Waals surface area contributed by atoms with Crippen LogP contribution < -0.4 is 15.4 Å². The van der Waals surface area contributed by atoms with Gasteiger partial charge in [-0.15, -0.1) is 0 Å². The van der Waals surface area contributed by atoms with Gasteiger partial charge in [0.1, 0.15) is 11.6 Å². The topological polar surface area (TPSA) is 76.1 Å². The summed E-state index contributed by atoms with van der Waals surface area (Å²) in [6, 6.07) is 24.8. The molecule has 32 heavy (non-hydrogen) atoms. The minimum Gasteiger partial charge on any atom is -0.497 e. The Morgan fingerprint density at radius 2 is 1.81 bits per heavy atom. The van der Waals surface area contributed by atoms with E-state index in [1.165, 1.54) is 0 Å². The maximum absolute atomic E-state index is 12.7. The van der Waals surface area contributed by atoms with Crippen LogP contribution >= 0.6 is 0 Å². The molecule has 0 atom stereocenters. The van der Waals surface area contributed by atoms with E-state index in [0.717, 1.165) is 28.1 Å². The van der Waals surface area contributed by atoms with Crippen LogP contribution in [0.4, 0.5) is 11.5 Å². The van der Waals surface area contributed by atoms with Crippen LogP contribution in [0.2, 0.25) is 0 Å². The second-order valence-electron chi connectivity index (χ2n) is 7.37. The van der Waals surface area contributed by atoms with Gasteiger partial charge < -0.3 is 15.4 Å². The summed E-state index contributed by atoms with van der Waals surface area (Å²) >= 11 is 0. The fourth-order valence-electron chi connectivity index (χ4n) is 3.30. The summed E-state index contributed by atoms with van der Waals surface area (Å²) in [5.41, 5.74) is 4.41. The second kappa shape index (κ2) is 9.75. The maximum Gasteiger partial charge on any atom is 0.251 e. The van der Waals surface area contributed by atoms with Gasteiger partial charge in [0, 0.05) is 29.6 Å². The minimum absolute atomic E-state index is 0.153. The van der Waals surface area contributed by atoms with E-state index in [4.69, 9.17) is 4.74 Å². The molecule has 0 spiro atoms. The third-order valence-electron chi connectivity index (χ3n) is 4.92. The number of carbonyl (C=O) groups excluding carboxylic acids is 1. The highest BCUT2D eigenvalue weighted by atomic mass is 16.5. The Kier molecular flexibility index (Phi) is 6.41. The second-order valence-corrected chi connectivity index (χ2v) is 7.37. The van der Waals surface area contributed by atoms with Crippen molar-refractivity contribution >= 4 is 17.4 Å². The molecule has 0 aliphatic carbocycles. The molecular formula is C26H24N4O2. The van der Waals surface area contributed by atoms with Crippen LogP contribution in [0.3, 0.4) is 0 Å². The van der Waals surface area contributed by atoms with E-state index in [1.54, 1.807) is 31.5 Å². The van der Waals surface area contributed by atoms with Gasteiger partial charge in [0.15, 0.2) is 5.82 Å². The van der Waals surface area contributed by atoms with Crippen LogP contribution in [0, 0.1) is 6.92 Å². The van der Waals surface area contributed by atoms with E-state index in [2.05, 4.69) is 20.6 Å². The molecule has 0 saturated carbocycles. The molecule has 0 radical (unpaired) electrons. The number of anilines is 2. The number of hydrogen-bond acceptors (Lipinski definition) is 5. The zero-order chi connectivity index (χ0) is 22.3. The first kappa shape index (κ1) is 21.1. The van der Waals surface area contributed by atoms with Crippen molar-refractivity contribution in [1.82, 2.24) is 15.3 Å². The van der Waals surface area contributed by atoms with E-state index < -0.39 is 0 Å². The molecular weight excluding hydrogens is 400 g/mol. The van der Waals surface area contributed by atoms with Gasteiger partial charge in [0.2, 0.25) is 0 Å². The van der Waals surface area contributed by atoms with Gasteiger partial charge in [-0.3, -0.25) is 4.79 Å². The summed E-state index contributed by atoms with van der Waals surface area (Å²) < 4.78 is 5.23. The van der Waals surface area contributed by atoms with Crippen LogP contribution in [-0.2, 0) is 6.54 Å². The smallest absolute Gasteiger partial charge is 0.251 e. The number of carbonyl (C=O) groups is 1. The Bertz CT molecular complexity index is 1240. The van der Waals surface area contributed by atoms with Gasteiger partial charge in [0.05, 0.1) is 7.11 Å². The lowest BCUT2D eigenvalue weighted by molar-refractivity contribution is 0.0951. The van der Waals surface area contributed by atoms with Gasteiger partial charge >= 0.3 is 0 Å². The van der Waals surface area contributed by atoms with E-state index in [0.29, 0.717) is 23.8 Å². The molecule has 2 N–H and O–H groups in total. The summed E-state index contributed by atoms with van der Waals surface area (Å²) in [6.07, 6.45) is 1.72. The van der Waals surface area contributed by atoms with Crippen LogP contribution in [0.15, 0.2) is 85.1 Å². The third kappa shape index (κ3) is 5.29. The molecule has 0 fully saturated rings. The summed E-state index contributed by atoms with van der Waals surface area (Å²) in [5, 5.41) is 6.21. The van der Waals surface area contributed by atoms with Crippen LogP contribution in [0.25, 0.3) is 11.4 Å². The molecule has 1 amide bonds. The van der Waals surface area contributed by atoms with Crippen molar-refractivity contribution in [3.8, 4) is 17.1 Å². The number of methoxy groups -OCH3 is 1. The predicted molar refractivity (Wildman–Crippen MR) is 126 cm³/mol. The fraction of sp³-hybridized carbons (Fsp3) is 0.115.